The van der Waals surface area contributed by atoms with Gasteiger partial charge in [-0.2, -0.15) is 0 Å². The molecule has 0 aliphatic heterocycles. The lowest BCUT2D eigenvalue weighted by Crippen LogP contribution is -2.11. The molecule has 0 fully saturated rings. The highest BCUT2D eigenvalue weighted by molar-refractivity contribution is 7.89. The number of primary sulfonamides is 1. The second kappa shape index (κ2) is 6.27. The average molecular weight is 337 g/mol. The number of nitrogens with two attached hydrogens (primary N) is 1. The van der Waals surface area contributed by atoms with Gasteiger partial charge in [-0.3, -0.25) is 0 Å². The van der Waals surface area contributed by atoms with Crippen LogP contribution in [0.3, 0.4) is 0 Å². The molecule has 0 aliphatic rings. The number of rotatable bonds is 3. The summed E-state index contributed by atoms with van der Waals surface area (Å²) in [4.78, 5) is 8.46. The predicted molar refractivity (Wildman–Crippen MR) is 87.9 cm³/mol. The number of fused-ring (bicyclic) bond motifs is 1. The van der Waals surface area contributed by atoms with Gasteiger partial charge in [-0.25, -0.2) is 23.5 Å². The quantitative estimate of drug-likeness (QED) is 0.765. The number of sulfonamides is 1. The van der Waals surface area contributed by atoms with Crippen LogP contribution in [0, 0.1) is 0 Å². The topological polar surface area (TPSA) is 98.0 Å². The third-order valence-electron chi connectivity index (χ3n) is 2.99. The van der Waals surface area contributed by atoms with Crippen LogP contribution in [0.25, 0.3) is 10.9 Å². The van der Waals surface area contributed by atoms with Gasteiger partial charge < -0.3 is 5.32 Å². The van der Waals surface area contributed by atoms with Gasteiger partial charge in [-0.1, -0.05) is 12.1 Å². The molecule has 2 aromatic carbocycles. The minimum Gasteiger partial charge on any atom is -0.340 e. The van der Waals surface area contributed by atoms with Crippen molar-refractivity contribution in [2.24, 2.45) is 5.14 Å². The molecule has 1 aromatic heterocycles. The van der Waals surface area contributed by atoms with Crippen LogP contribution in [0.2, 0.25) is 0 Å². The van der Waals surface area contributed by atoms with Gasteiger partial charge in [0.15, 0.2) is 0 Å². The molecular formula is C14H13ClN4O2S. The van der Waals surface area contributed by atoms with E-state index in [2.05, 4.69) is 15.3 Å². The van der Waals surface area contributed by atoms with Crippen LogP contribution in [0.5, 0.6) is 0 Å². The van der Waals surface area contributed by atoms with Crippen molar-refractivity contribution in [1.82, 2.24) is 9.97 Å². The van der Waals surface area contributed by atoms with Gasteiger partial charge >= 0.3 is 0 Å². The maximum atomic E-state index is 11.2. The smallest absolute Gasteiger partial charge is 0.238 e. The summed E-state index contributed by atoms with van der Waals surface area (Å²) in [6.07, 6.45) is 1.48. The highest BCUT2D eigenvalue weighted by Crippen LogP contribution is 2.23. The Morgan fingerprint density at radius 3 is 2.32 bits per heavy atom. The van der Waals surface area contributed by atoms with Crippen molar-refractivity contribution >= 4 is 44.8 Å². The van der Waals surface area contributed by atoms with Crippen LogP contribution in [0.1, 0.15) is 0 Å². The molecule has 1 heterocycles. The number of hydrogen-bond donors (Lipinski definition) is 2. The molecule has 114 valence electrons. The summed E-state index contributed by atoms with van der Waals surface area (Å²) in [6, 6.07) is 13.8. The zero-order valence-electron chi connectivity index (χ0n) is 11.3. The minimum absolute atomic E-state index is 0. The van der Waals surface area contributed by atoms with E-state index in [0.29, 0.717) is 11.5 Å². The predicted octanol–water partition coefficient (Wildman–Crippen LogP) is 2.44. The van der Waals surface area contributed by atoms with Gasteiger partial charge in [0.2, 0.25) is 10.0 Å². The van der Waals surface area contributed by atoms with Gasteiger partial charge in [-0.05, 0) is 36.4 Å². The molecule has 0 saturated heterocycles. The number of aromatic nitrogens is 2. The fourth-order valence-corrected chi connectivity index (χ4v) is 2.48. The van der Waals surface area contributed by atoms with Gasteiger partial charge in [0.05, 0.1) is 10.4 Å². The molecule has 22 heavy (non-hydrogen) atoms. The summed E-state index contributed by atoms with van der Waals surface area (Å²) < 4.78 is 22.4. The number of hydrogen-bond acceptors (Lipinski definition) is 5. The van der Waals surface area contributed by atoms with Gasteiger partial charge in [0, 0.05) is 11.1 Å². The first kappa shape index (κ1) is 16.2. The van der Waals surface area contributed by atoms with Crippen LogP contribution in [-0.2, 0) is 10.0 Å². The first-order valence-corrected chi connectivity index (χ1v) is 7.68. The van der Waals surface area contributed by atoms with E-state index in [9.17, 15) is 8.42 Å². The van der Waals surface area contributed by atoms with Gasteiger partial charge in [0.1, 0.15) is 12.1 Å². The van der Waals surface area contributed by atoms with Crippen molar-refractivity contribution in [2.45, 2.75) is 4.90 Å². The maximum absolute atomic E-state index is 11.2. The third kappa shape index (κ3) is 3.33. The largest absolute Gasteiger partial charge is 0.340 e. The standard InChI is InChI=1S/C14H12N4O2S.ClH/c15-21(19,20)11-7-5-10(6-8-11)18-14-12-3-1-2-4-13(12)16-9-17-14;/h1-9H,(H2,15,19,20)(H,16,17,18);1H. The first-order valence-electron chi connectivity index (χ1n) is 6.14. The number of halogens is 1. The average Bonchev–Trinajstić information content (AvgIpc) is 2.47. The van der Waals surface area contributed by atoms with Crippen molar-refractivity contribution < 1.29 is 8.42 Å². The van der Waals surface area contributed by atoms with E-state index in [1.54, 1.807) is 12.1 Å². The fraction of sp³-hybridized carbons (Fsp3) is 0. The van der Waals surface area contributed by atoms with Crippen molar-refractivity contribution in [3.8, 4) is 0 Å². The summed E-state index contributed by atoms with van der Waals surface area (Å²) in [7, 11) is -3.68. The lowest BCUT2D eigenvalue weighted by atomic mass is 10.2. The van der Waals surface area contributed by atoms with Crippen LogP contribution in [0.4, 0.5) is 11.5 Å². The third-order valence-corrected chi connectivity index (χ3v) is 3.92. The lowest BCUT2D eigenvalue weighted by molar-refractivity contribution is 0.598. The molecule has 0 spiro atoms. The number of nitrogens with one attached hydrogen (secondary N) is 1. The molecule has 0 radical (unpaired) electrons. The van der Waals surface area contributed by atoms with Crippen LogP contribution in [-0.4, -0.2) is 18.4 Å². The highest BCUT2D eigenvalue weighted by atomic mass is 35.5. The molecule has 3 aromatic rings. The Bertz CT molecular complexity index is 893. The van der Waals surface area contributed by atoms with Crippen molar-refractivity contribution in [2.75, 3.05) is 5.32 Å². The van der Waals surface area contributed by atoms with E-state index in [-0.39, 0.29) is 17.3 Å². The summed E-state index contributed by atoms with van der Waals surface area (Å²) in [6.45, 7) is 0. The molecule has 6 nitrogen and oxygen atoms in total. The normalized spacial score (nSPS) is 11.0. The van der Waals surface area contributed by atoms with E-state index >= 15 is 0 Å². The van der Waals surface area contributed by atoms with Crippen LogP contribution in [0.15, 0.2) is 59.8 Å². The molecule has 0 unspecified atom stereocenters. The second-order valence-electron chi connectivity index (χ2n) is 4.43. The molecule has 0 bridgehead atoms. The van der Waals surface area contributed by atoms with E-state index in [1.807, 2.05) is 24.3 Å². The Morgan fingerprint density at radius 1 is 0.955 bits per heavy atom. The Morgan fingerprint density at radius 2 is 1.64 bits per heavy atom. The van der Waals surface area contributed by atoms with Crippen molar-refractivity contribution in [3.05, 3.63) is 54.9 Å². The van der Waals surface area contributed by atoms with E-state index in [4.69, 9.17) is 5.14 Å². The number of nitrogens with zero attached hydrogens (tertiary/aromatic N) is 2. The molecule has 3 rings (SSSR count). The zero-order chi connectivity index (χ0) is 14.9. The lowest BCUT2D eigenvalue weighted by Gasteiger charge is -2.08. The van der Waals surface area contributed by atoms with Crippen LogP contribution >= 0.6 is 12.4 Å². The zero-order valence-corrected chi connectivity index (χ0v) is 12.9. The summed E-state index contributed by atoms with van der Waals surface area (Å²) in [5, 5.41) is 9.09. The Hall–Kier alpha value is -2.22. The fourth-order valence-electron chi connectivity index (χ4n) is 1.97. The van der Waals surface area contributed by atoms with E-state index < -0.39 is 10.0 Å². The molecule has 0 aliphatic carbocycles. The molecule has 0 saturated carbocycles. The molecular weight excluding hydrogens is 324 g/mol. The van der Waals surface area contributed by atoms with Gasteiger partial charge in [0.25, 0.3) is 0 Å². The van der Waals surface area contributed by atoms with Crippen molar-refractivity contribution in [3.63, 3.8) is 0 Å². The SMILES string of the molecule is Cl.NS(=O)(=O)c1ccc(Nc2ncnc3ccccc23)cc1. The number of benzene rings is 2. The van der Waals surface area contributed by atoms with Crippen molar-refractivity contribution in [1.29, 1.82) is 0 Å². The Balaban J connectivity index is 0.00000176. The molecule has 8 heteroatoms. The summed E-state index contributed by atoms with van der Waals surface area (Å²) in [5.74, 6) is 0.656. The monoisotopic (exact) mass is 336 g/mol. The molecule has 0 amide bonds. The summed E-state index contributed by atoms with van der Waals surface area (Å²) in [5.41, 5.74) is 1.54. The number of anilines is 2. The maximum Gasteiger partial charge on any atom is 0.238 e. The van der Waals surface area contributed by atoms with E-state index in [1.165, 1.54) is 18.5 Å². The highest BCUT2D eigenvalue weighted by Gasteiger charge is 2.08. The van der Waals surface area contributed by atoms with E-state index in [0.717, 1.165) is 10.9 Å². The number of para-hydroxylation sites is 1. The summed E-state index contributed by atoms with van der Waals surface area (Å²) >= 11 is 0. The Labute approximate surface area is 133 Å². The minimum atomic E-state index is -3.68. The first-order chi connectivity index (χ1) is 10.0. The van der Waals surface area contributed by atoms with Crippen LogP contribution < -0.4 is 10.5 Å². The Kier molecular flexibility index (Phi) is 4.60. The molecule has 3 N–H and O–H groups in total. The van der Waals surface area contributed by atoms with Gasteiger partial charge in [-0.15, -0.1) is 12.4 Å². The molecule has 0 atom stereocenters. The second-order valence-corrected chi connectivity index (χ2v) is 6.00.